The molecule has 0 atom stereocenters. The lowest BCUT2D eigenvalue weighted by Crippen LogP contribution is -2.26. The van der Waals surface area contributed by atoms with Gasteiger partial charge in [0.25, 0.3) is 5.91 Å². The van der Waals surface area contributed by atoms with E-state index in [9.17, 15) is 13.2 Å². The summed E-state index contributed by atoms with van der Waals surface area (Å²) in [7, 11) is -1.95. The van der Waals surface area contributed by atoms with Crippen LogP contribution in [-0.4, -0.2) is 32.8 Å². The molecule has 0 aliphatic heterocycles. The highest BCUT2D eigenvalue weighted by Crippen LogP contribution is 2.12. The largest absolute Gasteiger partial charge is 0.468 e. The standard InChI is InChI=1S/C15H18N2O4S/c1-3-17(2)15(18)12-6-8-14(9-7-12)22(19,20)16-11-13-5-4-10-21-13/h4-10,16H,3,11H2,1-2H3. The quantitative estimate of drug-likeness (QED) is 0.880. The van der Waals surface area contributed by atoms with Gasteiger partial charge in [0, 0.05) is 19.2 Å². The van der Waals surface area contributed by atoms with E-state index >= 15 is 0 Å². The molecule has 2 aromatic rings. The minimum Gasteiger partial charge on any atom is -0.468 e. The fraction of sp³-hybridized carbons (Fsp3) is 0.267. The highest BCUT2D eigenvalue weighted by atomic mass is 32.2. The first-order chi connectivity index (χ1) is 10.4. The summed E-state index contributed by atoms with van der Waals surface area (Å²) in [6.07, 6.45) is 1.48. The van der Waals surface area contributed by atoms with Crippen molar-refractivity contribution in [2.45, 2.75) is 18.4 Å². The van der Waals surface area contributed by atoms with Crippen molar-refractivity contribution in [3.63, 3.8) is 0 Å². The van der Waals surface area contributed by atoms with Crippen molar-refractivity contribution in [3.05, 3.63) is 54.0 Å². The maximum Gasteiger partial charge on any atom is 0.253 e. The molecule has 1 heterocycles. The van der Waals surface area contributed by atoms with E-state index in [1.165, 1.54) is 30.5 Å². The fourth-order valence-electron chi connectivity index (χ4n) is 1.80. The summed E-state index contributed by atoms with van der Waals surface area (Å²) in [5, 5.41) is 0. The van der Waals surface area contributed by atoms with Gasteiger partial charge in [0.1, 0.15) is 5.76 Å². The zero-order valence-electron chi connectivity index (χ0n) is 12.4. The van der Waals surface area contributed by atoms with Gasteiger partial charge in [-0.15, -0.1) is 0 Å². The van der Waals surface area contributed by atoms with E-state index in [1.54, 1.807) is 24.1 Å². The fourth-order valence-corrected chi connectivity index (χ4v) is 2.80. The third-order valence-corrected chi connectivity index (χ3v) is 4.67. The van der Waals surface area contributed by atoms with Crippen molar-refractivity contribution in [3.8, 4) is 0 Å². The second kappa shape index (κ2) is 6.76. The summed E-state index contributed by atoms with van der Waals surface area (Å²) in [4.78, 5) is 13.6. The molecule has 7 heteroatoms. The van der Waals surface area contributed by atoms with Crippen LogP contribution in [-0.2, 0) is 16.6 Å². The average molecular weight is 322 g/mol. The van der Waals surface area contributed by atoms with Crippen LogP contribution in [0, 0.1) is 0 Å². The van der Waals surface area contributed by atoms with Crippen LogP contribution in [0.4, 0.5) is 0 Å². The minimum absolute atomic E-state index is 0.0780. The molecule has 22 heavy (non-hydrogen) atoms. The summed E-state index contributed by atoms with van der Waals surface area (Å²) < 4.78 is 31.8. The van der Waals surface area contributed by atoms with Gasteiger partial charge >= 0.3 is 0 Å². The molecule has 0 saturated heterocycles. The van der Waals surface area contributed by atoms with E-state index in [0.717, 1.165) is 0 Å². The summed E-state index contributed by atoms with van der Waals surface area (Å²) in [6, 6.07) is 9.23. The number of rotatable bonds is 6. The Morgan fingerprint density at radius 1 is 1.23 bits per heavy atom. The molecular formula is C15H18N2O4S. The molecule has 0 saturated carbocycles. The van der Waals surface area contributed by atoms with Gasteiger partial charge in [-0.25, -0.2) is 13.1 Å². The van der Waals surface area contributed by atoms with Crippen molar-refractivity contribution in [1.29, 1.82) is 0 Å². The Kier molecular flexibility index (Phi) is 4.99. The van der Waals surface area contributed by atoms with Gasteiger partial charge in [0.15, 0.2) is 0 Å². The number of sulfonamides is 1. The Hall–Kier alpha value is -2.12. The maximum atomic E-state index is 12.2. The number of nitrogens with one attached hydrogen (secondary N) is 1. The van der Waals surface area contributed by atoms with Gasteiger partial charge in [-0.2, -0.15) is 0 Å². The zero-order valence-corrected chi connectivity index (χ0v) is 13.3. The first-order valence-electron chi connectivity index (χ1n) is 6.81. The molecule has 0 spiro atoms. The third kappa shape index (κ3) is 3.75. The molecule has 0 aliphatic rings. The Morgan fingerprint density at radius 3 is 2.45 bits per heavy atom. The average Bonchev–Trinajstić information content (AvgIpc) is 3.05. The van der Waals surface area contributed by atoms with E-state index in [0.29, 0.717) is 17.9 Å². The highest BCUT2D eigenvalue weighted by Gasteiger charge is 2.16. The second-order valence-electron chi connectivity index (χ2n) is 4.75. The molecule has 0 radical (unpaired) electrons. The van der Waals surface area contributed by atoms with Crippen molar-refractivity contribution < 1.29 is 17.6 Å². The number of carbonyl (C=O) groups excluding carboxylic acids is 1. The van der Waals surface area contributed by atoms with E-state index in [2.05, 4.69) is 4.72 Å². The maximum absolute atomic E-state index is 12.2. The molecule has 0 aliphatic carbocycles. The van der Waals surface area contributed by atoms with Crippen LogP contribution >= 0.6 is 0 Å². The molecule has 118 valence electrons. The van der Waals surface area contributed by atoms with Crippen LogP contribution in [0.3, 0.4) is 0 Å². The van der Waals surface area contributed by atoms with E-state index in [1.807, 2.05) is 6.92 Å². The van der Waals surface area contributed by atoms with Crippen LogP contribution in [0.15, 0.2) is 52.0 Å². The van der Waals surface area contributed by atoms with Gasteiger partial charge in [0.05, 0.1) is 17.7 Å². The lowest BCUT2D eigenvalue weighted by atomic mass is 10.2. The van der Waals surface area contributed by atoms with Crippen LogP contribution in [0.25, 0.3) is 0 Å². The Labute approximate surface area is 129 Å². The van der Waals surface area contributed by atoms with Crippen molar-refractivity contribution in [1.82, 2.24) is 9.62 Å². The van der Waals surface area contributed by atoms with E-state index in [4.69, 9.17) is 4.42 Å². The van der Waals surface area contributed by atoms with Gasteiger partial charge in [0.2, 0.25) is 10.0 Å². The topological polar surface area (TPSA) is 79.6 Å². The smallest absolute Gasteiger partial charge is 0.253 e. The van der Waals surface area contributed by atoms with Crippen LogP contribution in [0.2, 0.25) is 0 Å². The van der Waals surface area contributed by atoms with Crippen LogP contribution < -0.4 is 4.72 Å². The molecule has 1 N–H and O–H groups in total. The first kappa shape index (κ1) is 16.3. The lowest BCUT2D eigenvalue weighted by molar-refractivity contribution is 0.0802. The van der Waals surface area contributed by atoms with Crippen LogP contribution in [0.5, 0.6) is 0 Å². The Bertz CT molecular complexity index is 721. The van der Waals surface area contributed by atoms with Crippen molar-refractivity contribution >= 4 is 15.9 Å². The number of amides is 1. The molecule has 0 bridgehead atoms. The van der Waals surface area contributed by atoms with E-state index in [-0.39, 0.29) is 17.3 Å². The number of nitrogens with zero attached hydrogens (tertiary/aromatic N) is 1. The van der Waals surface area contributed by atoms with Gasteiger partial charge in [-0.05, 0) is 43.3 Å². The lowest BCUT2D eigenvalue weighted by Gasteiger charge is -2.14. The Morgan fingerprint density at radius 2 is 1.91 bits per heavy atom. The first-order valence-corrected chi connectivity index (χ1v) is 8.30. The SMILES string of the molecule is CCN(C)C(=O)c1ccc(S(=O)(=O)NCc2ccco2)cc1. The Balaban J connectivity index is 2.10. The number of hydrogen-bond donors (Lipinski definition) is 1. The molecule has 0 fully saturated rings. The summed E-state index contributed by atoms with van der Waals surface area (Å²) in [5.41, 5.74) is 0.453. The number of carbonyl (C=O) groups is 1. The number of furan rings is 1. The number of hydrogen-bond acceptors (Lipinski definition) is 4. The normalized spacial score (nSPS) is 11.4. The predicted molar refractivity (Wildman–Crippen MR) is 81.8 cm³/mol. The van der Waals surface area contributed by atoms with Crippen molar-refractivity contribution in [2.24, 2.45) is 0 Å². The van der Waals surface area contributed by atoms with Crippen molar-refractivity contribution in [2.75, 3.05) is 13.6 Å². The monoisotopic (exact) mass is 322 g/mol. The second-order valence-corrected chi connectivity index (χ2v) is 6.51. The molecule has 1 amide bonds. The minimum atomic E-state index is -3.64. The molecule has 6 nitrogen and oxygen atoms in total. The summed E-state index contributed by atoms with van der Waals surface area (Å²) >= 11 is 0. The number of benzene rings is 1. The predicted octanol–water partition coefficient (Wildman–Crippen LogP) is 1.85. The third-order valence-electron chi connectivity index (χ3n) is 3.25. The molecular weight excluding hydrogens is 304 g/mol. The highest BCUT2D eigenvalue weighted by molar-refractivity contribution is 7.89. The summed E-state index contributed by atoms with van der Waals surface area (Å²) in [5.74, 6) is 0.384. The van der Waals surface area contributed by atoms with Gasteiger partial charge < -0.3 is 9.32 Å². The summed E-state index contributed by atoms with van der Waals surface area (Å²) in [6.45, 7) is 2.54. The molecule has 1 aromatic carbocycles. The molecule has 2 rings (SSSR count). The zero-order chi connectivity index (χ0) is 16.2. The van der Waals surface area contributed by atoms with Gasteiger partial charge in [-0.1, -0.05) is 0 Å². The van der Waals surface area contributed by atoms with Crippen LogP contribution in [0.1, 0.15) is 23.0 Å². The molecule has 1 aromatic heterocycles. The van der Waals surface area contributed by atoms with Gasteiger partial charge in [-0.3, -0.25) is 4.79 Å². The molecule has 0 unspecified atom stereocenters. The van der Waals surface area contributed by atoms with E-state index < -0.39 is 10.0 Å².